The molecule has 130 valence electrons. The smallest absolute Gasteiger partial charge is 0.227 e. The van der Waals surface area contributed by atoms with Crippen molar-refractivity contribution in [2.75, 3.05) is 25.7 Å². The van der Waals surface area contributed by atoms with Crippen molar-refractivity contribution in [3.05, 3.63) is 18.2 Å². The highest BCUT2D eigenvalue weighted by Gasteiger charge is 2.28. The zero-order valence-electron chi connectivity index (χ0n) is 14.1. The van der Waals surface area contributed by atoms with Crippen molar-refractivity contribution in [2.24, 2.45) is 11.7 Å². The van der Waals surface area contributed by atoms with Gasteiger partial charge in [-0.25, -0.2) is 0 Å². The molecule has 2 rings (SSSR count). The van der Waals surface area contributed by atoms with Gasteiger partial charge in [-0.2, -0.15) is 0 Å². The molecule has 0 spiro atoms. The third-order valence-corrected chi connectivity index (χ3v) is 4.45. The zero-order valence-corrected chi connectivity index (χ0v) is 14.9. The van der Waals surface area contributed by atoms with Crippen LogP contribution in [0.4, 0.5) is 5.69 Å². The number of ether oxygens (including phenoxy) is 2. The first-order valence-corrected chi connectivity index (χ1v) is 7.88. The van der Waals surface area contributed by atoms with Gasteiger partial charge in [-0.05, 0) is 37.8 Å². The minimum absolute atomic E-state index is 0. The number of benzene rings is 1. The van der Waals surface area contributed by atoms with Gasteiger partial charge in [0.25, 0.3) is 0 Å². The fourth-order valence-corrected chi connectivity index (χ4v) is 3.15. The number of hydrogen-bond donors (Lipinski definition) is 1. The lowest BCUT2D eigenvalue weighted by Crippen LogP contribution is -2.35. The van der Waals surface area contributed by atoms with Gasteiger partial charge in [0.15, 0.2) is 11.5 Å². The number of hydrogen-bond acceptors (Lipinski definition) is 4. The van der Waals surface area contributed by atoms with E-state index in [1.54, 1.807) is 19.1 Å². The number of methoxy groups -OCH3 is 2. The third kappa shape index (κ3) is 4.52. The van der Waals surface area contributed by atoms with Crippen molar-refractivity contribution in [3.8, 4) is 11.5 Å². The summed E-state index contributed by atoms with van der Waals surface area (Å²) in [6, 6.07) is 5.71. The summed E-state index contributed by atoms with van der Waals surface area (Å²) < 4.78 is 10.6. The molecule has 0 aliphatic heterocycles. The summed E-state index contributed by atoms with van der Waals surface area (Å²) in [6.45, 7) is 2.60. The molecule has 1 aromatic rings. The van der Waals surface area contributed by atoms with Crippen LogP contribution >= 0.6 is 12.4 Å². The van der Waals surface area contributed by atoms with Gasteiger partial charge < -0.3 is 20.1 Å². The van der Waals surface area contributed by atoms with E-state index >= 15 is 0 Å². The van der Waals surface area contributed by atoms with Crippen molar-refractivity contribution >= 4 is 24.0 Å². The number of rotatable bonds is 6. The molecule has 1 fully saturated rings. The van der Waals surface area contributed by atoms with Crippen LogP contribution in [0.5, 0.6) is 11.5 Å². The summed E-state index contributed by atoms with van der Waals surface area (Å²) >= 11 is 0. The van der Waals surface area contributed by atoms with Gasteiger partial charge in [0.05, 0.1) is 14.2 Å². The second kappa shape index (κ2) is 8.99. The first-order valence-electron chi connectivity index (χ1n) is 7.88. The van der Waals surface area contributed by atoms with E-state index in [1.165, 1.54) is 0 Å². The molecule has 2 atom stereocenters. The fraction of sp³-hybridized carbons (Fsp3) is 0.588. The van der Waals surface area contributed by atoms with Gasteiger partial charge in [-0.1, -0.05) is 6.42 Å². The lowest BCUT2D eigenvalue weighted by molar-refractivity contribution is -0.119. The summed E-state index contributed by atoms with van der Waals surface area (Å²) in [6.07, 6.45) is 3.72. The number of carbonyl (C=O) groups excluding carboxylic acids is 1. The van der Waals surface area contributed by atoms with E-state index in [0.717, 1.165) is 24.9 Å². The van der Waals surface area contributed by atoms with Crippen LogP contribution in [0.3, 0.4) is 0 Å². The van der Waals surface area contributed by atoms with Crippen molar-refractivity contribution < 1.29 is 14.3 Å². The maximum atomic E-state index is 12.6. The van der Waals surface area contributed by atoms with E-state index < -0.39 is 0 Å². The second-order valence-corrected chi connectivity index (χ2v) is 5.74. The Morgan fingerprint density at radius 2 is 1.96 bits per heavy atom. The van der Waals surface area contributed by atoms with Gasteiger partial charge in [0.2, 0.25) is 5.91 Å². The molecule has 2 N–H and O–H groups in total. The Balaban J connectivity index is 0.00000264. The van der Waals surface area contributed by atoms with Crippen molar-refractivity contribution in [1.29, 1.82) is 0 Å². The van der Waals surface area contributed by atoms with Crippen LogP contribution in [-0.2, 0) is 4.79 Å². The Bertz CT molecular complexity index is 525. The van der Waals surface area contributed by atoms with E-state index in [1.807, 2.05) is 25.1 Å². The maximum Gasteiger partial charge on any atom is 0.227 e. The van der Waals surface area contributed by atoms with Crippen LogP contribution in [0.15, 0.2) is 18.2 Å². The molecule has 0 heterocycles. The molecule has 0 unspecified atom stereocenters. The summed E-state index contributed by atoms with van der Waals surface area (Å²) in [7, 11) is 3.19. The van der Waals surface area contributed by atoms with Gasteiger partial charge in [-0.3, -0.25) is 4.79 Å². The van der Waals surface area contributed by atoms with E-state index in [4.69, 9.17) is 15.2 Å². The minimum atomic E-state index is 0. The molecule has 1 aromatic carbocycles. The number of halogens is 1. The summed E-state index contributed by atoms with van der Waals surface area (Å²) in [4.78, 5) is 14.4. The number of carbonyl (C=O) groups is 1. The summed E-state index contributed by atoms with van der Waals surface area (Å²) in [5.41, 5.74) is 6.91. The third-order valence-electron chi connectivity index (χ3n) is 4.45. The molecule has 0 aromatic heterocycles. The average molecular weight is 343 g/mol. The highest BCUT2D eigenvalue weighted by atomic mass is 35.5. The van der Waals surface area contributed by atoms with Gasteiger partial charge >= 0.3 is 0 Å². The van der Waals surface area contributed by atoms with Crippen LogP contribution in [0.2, 0.25) is 0 Å². The molecule has 5 nitrogen and oxygen atoms in total. The van der Waals surface area contributed by atoms with Gasteiger partial charge in [0.1, 0.15) is 0 Å². The lowest BCUT2D eigenvalue weighted by atomic mass is 9.99. The average Bonchev–Trinajstić information content (AvgIpc) is 2.93. The minimum Gasteiger partial charge on any atom is -0.493 e. The number of nitrogens with zero attached hydrogens (tertiary/aromatic N) is 1. The summed E-state index contributed by atoms with van der Waals surface area (Å²) in [5.74, 6) is 1.72. The van der Waals surface area contributed by atoms with Crippen molar-refractivity contribution in [2.45, 2.75) is 38.6 Å². The van der Waals surface area contributed by atoms with Crippen LogP contribution < -0.4 is 20.1 Å². The first kappa shape index (κ1) is 19.6. The Hall–Kier alpha value is -1.46. The van der Waals surface area contributed by atoms with Crippen molar-refractivity contribution in [3.63, 3.8) is 0 Å². The van der Waals surface area contributed by atoms with Gasteiger partial charge in [-0.15, -0.1) is 12.4 Å². The molecule has 0 bridgehead atoms. The monoisotopic (exact) mass is 342 g/mol. The molecular formula is C17H27ClN2O3. The lowest BCUT2D eigenvalue weighted by Gasteiger charge is -2.24. The Morgan fingerprint density at radius 3 is 2.48 bits per heavy atom. The highest BCUT2D eigenvalue weighted by Crippen LogP contribution is 2.33. The molecule has 23 heavy (non-hydrogen) atoms. The van der Waals surface area contributed by atoms with Crippen molar-refractivity contribution in [1.82, 2.24) is 0 Å². The molecule has 1 saturated carbocycles. The standard InChI is InChI=1S/C17H26N2O3.ClH/c1-4-19(17(20)10-12-6-5-7-14(12)18)13-8-9-15(21-2)16(11-13)22-3;/h8-9,11-12,14H,4-7,10,18H2,1-3H3;1H/t12-,14+;/m0./s1. The van der Waals surface area contributed by atoms with E-state index in [0.29, 0.717) is 30.4 Å². The van der Waals surface area contributed by atoms with Gasteiger partial charge in [0, 0.05) is 30.8 Å². The predicted octanol–water partition coefficient (Wildman–Crippen LogP) is 3.00. The quantitative estimate of drug-likeness (QED) is 0.863. The number of nitrogens with two attached hydrogens (primary N) is 1. The van der Waals surface area contributed by atoms with Crippen LogP contribution in [0.25, 0.3) is 0 Å². The number of anilines is 1. The summed E-state index contributed by atoms with van der Waals surface area (Å²) in [5, 5.41) is 0. The van der Waals surface area contributed by atoms with Crippen LogP contribution in [0.1, 0.15) is 32.6 Å². The molecular weight excluding hydrogens is 316 g/mol. The maximum absolute atomic E-state index is 12.6. The molecule has 1 amide bonds. The van der Waals surface area contributed by atoms with E-state index in [9.17, 15) is 4.79 Å². The molecule has 6 heteroatoms. The Kier molecular flexibility index (Phi) is 7.65. The Labute approximate surface area is 144 Å². The molecule has 0 radical (unpaired) electrons. The highest BCUT2D eigenvalue weighted by molar-refractivity contribution is 5.93. The topological polar surface area (TPSA) is 64.8 Å². The molecule has 1 aliphatic carbocycles. The van der Waals surface area contributed by atoms with Crippen LogP contribution in [-0.4, -0.2) is 32.7 Å². The predicted molar refractivity (Wildman–Crippen MR) is 94.8 cm³/mol. The number of amides is 1. The SMILES string of the molecule is CCN(C(=O)C[C@@H]1CCC[C@H]1N)c1ccc(OC)c(OC)c1.Cl. The molecule has 0 saturated heterocycles. The van der Waals surface area contributed by atoms with E-state index in [2.05, 4.69) is 0 Å². The van der Waals surface area contributed by atoms with E-state index in [-0.39, 0.29) is 24.4 Å². The molecule has 1 aliphatic rings. The zero-order chi connectivity index (χ0) is 16.1. The first-order chi connectivity index (χ1) is 10.6. The van der Waals surface area contributed by atoms with Crippen LogP contribution in [0, 0.1) is 5.92 Å². The Morgan fingerprint density at radius 1 is 1.26 bits per heavy atom. The normalized spacial score (nSPS) is 19.8. The second-order valence-electron chi connectivity index (χ2n) is 5.74. The fourth-order valence-electron chi connectivity index (χ4n) is 3.15. The largest absolute Gasteiger partial charge is 0.493 e.